The number of thiophene rings is 1. The van der Waals surface area contributed by atoms with E-state index < -0.39 is 0 Å². The van der Waals surface area contributed by atoms with Crippen molar-refractivity contribution in [1.29, 1.82) is 0 Å². The van der Waals surface area contributed by atoms with Gasteiger partial charge in [0, 0.05) is 32.9 Å². The van der Waals surface area contributed by atoms with Crippen LogP contribution < -0.4 is 5.32 Å². The van der Waals surface area contributed by atoms with E-state index in [1.807, 2.05) is 11.3 Å². The van der Waals surface area contributed by atoms with Gasteiger partial charge in [0.1, 0.15) is 0 Å². The molecule has 3 heteroatoms. The van der Waals surface area contributed by atoms with E-state index in [1.165, 1.54) is 26.2 Å². The molecule has 0 aliphatic rings. The lowest BCUT2D eigenvalue weighted by atomic mass is 10.1. The molecular weight excluding hydrogens is 276 g/mol. The Bertz CT molecular complexity index is 711. The zero-order valence-electron chi connectivity index (χ0n) is 12.6. The average Bonchev–Trinajstić information content (AvgIpc) is 3.14. The molecule has 3 aromatic rings. The minimum atomic E-state index is 0.431. The van der Waals surface area contributed by atoms with Gasteiger partial charge in [-0.3, -0.25) is 0 Å². The number of rotatable bonds is 6. The fourth-order valence-corrected chi connectivity index (χ4v) is 3.66. The monoisotopic (exact) mass is 298 g/mol. The summed E-state index contributed by atoms with van der Waals surface area (Å²) in [5, 5.41) is 4.98. The number of fused-ring (bicyclic) bond motifs is 1. The molecule has 0 radical (unpaired) electrons. The molecule has 0 saturated heterocycles. The number of para-hydroxylation sites is 1. The van der Waals surface area contributed by atoms with Gasteiger partial charge in [0.05, 0.1) is 0 Å². The Morgan fingerprint density at radius 3 is 2.86 bits per heavy atom. The van der Waals surface area contributed by atoms with Gasteiger partial charge in [-0.25, -0.2) is 0 Å². The fraction of sp³-hybridized carbons (Fsp3) is 0.333. The molecule has 0 spiro atoms. The van der Waals surface area contributed by atoms with E-state index in [0.717, 1.165) is 19.4 Å². The van der Waals surface area contributed by atoms with E-state index in [4.69, 9.17) is 0 Å². The molecule has 0 fully saturated rings. The van der Waals surface area contributed by atoms with Crippen LogP contribution in [0.4, 0.5) is 0 Å². The number of benzene rings is 1. The van der Waals surface area contributed by atoms with Crippen LogP contribution in [0.2, 0.25) is 0 Å². The van der Waals surface area contributed by atoms with Crippen LogP contribution >= 0.6 is 11.3 Å². The molecule has 2 heterocycles. The Balaban J connectivity index is 1.58. The largest absolute Gasteiger partial charge is 0.361 e. The highest BCUT2D eigenvalue weighted by molar-refractivity contribution is 7.12. The van der Waals surface area contributed by atoms with E-state index in [9.17, 15) is 0 Å². The second-order valence-corrected chi connectivity index (χ2v) is 6.64. The van der Waals surface area contributed by atoms with Crippen molar-refractivity contribution in [2.45, 2.75) is 32.7 Å². The quantitative estimate of drug-likeness (QED) is 0.679. The summed E-state index contributed by atoms with van der Waals surface area (Å²) < 4.78 is 0. The van der Waals surface area contributed by atoms with Crippen molar-refractivity contribution in [2.75, 3.05) is 6.54 Å². The smallest absolute Gasteiger partial charge is 0.0456 e. The second kappa shape index (κ2) is 6.46. The summed E-state index contributed by atoms with van der Waals surface area (Å²) in [7, 11) is 0. The highest BCUT2D eigenvalue weighted by Gasteiger charge is 2.08. The lowest BCUT2D eigenvalue weighted by Crippen LogP contribution is -2.20. The molecule has 1 aromatic carbocycles. The maximum absolute atomic E-state index is 3.64. The Labute approximate surface area is 130 Å². The number of hydrogen-bond acceptors (Lipinski definition) is 2. The van der Waals surface area contributed by atoms with Crippen LogP contribution in [-0.2, 0) is 12.8 Å². The maximum Gasteiger partial charge on any atom is 0.0456 e. The minimum absolute atomic E-state index is 0.431. The fourth-order valence-electron chi connectivity index (χ4n) is 2.68. The van der Waals surface area contributed by atoms with Crippen molar-refractivity contribution in [3.05, 3.63) is 57.9 Å². The van der Waals surface area contributed by atoms with Gasteiger partial charge in [-0.2, -0.15) is 0 Å². The molecule has 2 N–H and O–H groups in total. The third kappa shape index (κ3) is 3.20. The molecule has 0 saturated carbocycles. The number of nitrogens with one attached hydrogen (secondary N) is 2. The third-order valence-corrected chi connectivity index (χ3v) is 5.39. The summed E-state index contributed by atoms with van der Waals surface area (Å²) in [4.78, 5) is 6.25. The molecule has 2 aromatic heterocycles. The summed E-state index contributed by atoms with van der Waals surface area (Å²) in [5.41, 5.74) is 2.62. The summed E-state index contributed by atoms with van der Waals surface area (Å²) >= 11 is 1.92. The first kappa shape index (κ1) is 14.4. The molecule has 3 rings (SSSR count). The second-order valence-electron chi connectivity index (χ2n) is 5.44. The van der Waals surface area contributed by atoms with Crippen LogP contribution in [0.5, 0.6) is 0 Å². The van der Waals surface area contributed by atoms with Crippen molar-refractivity contribution in [3.8, 4) is 0 Å². The molecule has 21 heavy (non-hydrogen) atoms. The first-order valence-electron chi connectivity index (χ1n) is 7.65. The Hall–Kier alpha value is -1.58. The van der Waals surface area contributed by atoms with E-state index in [0.29, 0.717) is 6.04 Å². The number of hydrogen-bond donors (Lipinski definition) is 2. The molecule has 0 bridgehead atoms. The Morgan fingerprint density at radius 1 is 1.19 bits per heavy atom. The topological polar surface area (TPSA) is 27.8 Å². The SMILES string of the molecule is CCc1ccc(C(C)NCCc2c[nH]c3ccccc23)s1. The summed E-state index contributed by atoms with van der Waals surface area (Å²) in [6.07, 6.45) is 4.32. The van der Waals surface area contributed by atoms with E-state index >= 15 is 0 Å². The third-order valence-electron chi connectivity index (χ3n) is 3.98. The van der Waals surface area contributed by atoms with Crippen LogP contribution in [0.25, 0.3) is 10.9 Å². The zero-order valence-corrected chi connectivity index (χ0v) is 13.5. The van der Waals surface area contributed by atoms with Crippen molar-refractivity contribution in [1.82, 2.24) is 10.3 Å². The first-order chi connectivity index (χ1) is 10.3. The Kier molecular flexibility index (Phi) is 4.42. The van der Waals surface area contributed by atoms with E-state index in [2.05, 4.69) is 66.7 Å². The average molecular weight is 298 g/mol. The zero-order chi connectivity index (χ0) is 14.7. The predicted molar refractivity (Wildman–Crippen MR) is 92.1 cm³/mol. The predicted octanol–water partition coefficient (Wildman–Crippen LogP) is 4.69. The van der Waals surface area contributed by atoms with E-state index in [-0.39, 0.29) is 0 Å². The van der Waals surface area contributed by atoms with Crippen molar-refractivity contribution < 1.29 is 0 Å². The number of aromatic amines is 1. The van der Waals surface area contributed by atoms with Gasteiger partial charge in [-0.1, -0.05) is 25.1 Å². The highest BCUT2D eigenvalue weighted by Crippen LogP contribution is 2.23. The molecule has 0 aliphatic heterocycles. The molecule has 1 atom stereocenters. The van der Waals surface area contributed by atoms with Crippen molar-refractivity contribution in [3.63, 3.8) is 0 Å². The summed E-state index contributed by atoms with van der Waals surface area (Å²) in [5.74, 6) is 0. The first-order valence-corrected chi connectivity index (χ1v) is 8.46. The normalized spacial score (nSPS) is 12.9. The summed E-state index contributed by atoms with van der Waals surface area (Å²) in [6, 6.07) is 13.4. The van der Waals surface area contributed by atoms with Gasteiger partial charge in [-0.05, 0) is 50.1 Å². The highest BCUT2D eigenvalue weighted by atomic mass is 32.1. The number of aryl methyl sites for hydroxylation is 1. The summed E-state index contributed by atoms with van der Waals surface area (Å²) in [6.45, 7) is 5.47. The standard InChI is InChI=1S/C18H22N2S/c1-3-15-8-9-18(21-15)13(2)19-11-10-14-12-20-17-7-5-4-6-16(14)17/h4-9,12-13,19-20H,3,10-11H2,1-2H3. The number of H-pyrrole nitrogens is 1. The van der Waals surface area contributed by atoms with Gasteiger partial charge in [0.2, 0.25) is 0 Å². The Morgan fingerprint density at radius 2 is 2.05 bits per heavy atom. The van der Waals surface area contributed by atoms with E-state index in [1.54, 1.807) is 0 Å². The molecular formula is C18H22N2S. The maximum atomic E-state index is 3.64. The lowest BCUT2D eigenvalue weighted by Gasteiger charge is -2.11. The van der Waals surface area contributed by atoms with Crippen LogP contribution in [0.1, 0.15) is 35.2 Å². The van der Waals surface area contributed by atoms with Crippen molar-refractivity contribution >= 4 is 22.2 Å². The van der Waals surface area contributed by atoms with Crippen molar-refractivity contribution in [2.24, 2.45) is 0 Å². The minimum Gasteiger partial charge on any atom is -0.361 e. The van der Waals surface area contributed by atoms with Gasteiger partial charge in [0.25, 0.3) is 0 Å². The van der Waals surface area contributed by atoms with Gasteiger partial charge >= 0.3 is 0 Å². The molecule has 1 unspecified atom stereocenters. The van der Waals surface area contributed by atoms with Crippen LogP contribution in [0.15, 0.2) is 42.6 Å². The lowest BCUT2D eigenvalue weighted by molar-refractivity contribution is 0.585. The number of aromatic nitrogens is 1. The van der Waals surface area contributed by atoms with Crippen LogP contribution in [-0.4, -0.2) is 11.5 Å². The van der Waals surface area contributed by atoms with Crippen LogP contribution in [0, 0.1) is 0 Å². The van der Waals surface area contributed by atoms with Gasteiger partial charge in [0.15, 0.2) is 0 Å². The molecule has 110 valence electrons. The molecule has 0 amide bonds. The van der Waals surface area contributed by atoms with Crippen LogP contribution in [0.3, 0.4) is 0 Å². The van der Waals surface area contributed by atoms with Gasteiger partial charge < -0.3 is 10.3 Å². The molecule has 0 aliphatic carbocycles. The molecule has 2 nitrogen and oxygen atoms in total. The van der Waals surface area contributed by atoms with Gasteiger partial charge in [-0.15, -0.1) is 11.3 Å².